The van der Waals surface area contributed by atoms with Crippen LogP contribution in [0.3, 0.4) is 0 Å². The Kier molecular flexibility index (Phi) is 4.55. The molecule has 0 aliphatic rings. The summed E-state index contributed by atoms with van der Waals surface area (Å²) in [7, 11) is -2.11. The summed E-state index contributed by atoms with van der Waals surface area (Å²) in [6, 6.07) is 37.3. The van der Waals surface area contributed by atoms with Crippen LogP contribution in [-0.2, 0) is 0 Å². The molecule has 6 rings (SSSR count). The normalized spacial score (nSPS) is 11.7. The topological polar surface area (TPSA) is 43.7 Å². The molecule has 154 valence electrons. The molecule has 0 unspecified atom stereocenters. The first-order valence-corrected chi connectivity index (χ1v) is 11.7. The highest BCUT2D eigenvalue weighted by atomic mass is 31.2. The maximum Gasteiger partial charge on any atom is 0.199 e. The van der Waals surface area contributed by atoms with E-state index in [2.05, 4.69) is 71.6 Å². The van der Waals surface area contributed by atoms with Crippen molar-refractivity contribution < 1.29 is 9.79 Å². The SMILES string of the molecule is OP(O)c1ccc(N(c2ccccc2)c2ccc3ccc4cccc5ccc2c3c45)cc1. The molecule has 0 aliphatic heterocycles. The third-order valence-corrected chi connectivity index (χ3v) is 6.86. The van der Waals surface area contributed by atoms with Crippen LogP contribution in [0.1, 0.15) is 0 Å². The van der Waals surface area contributed by atoms with Crippen molar-refractivity contribution in [1.29, 1.82) is 0 Å². The minimum atomic E-state index is -2.11. The van der Waals surface area contributed by atoms with Crippen LogP contribution in [0.2, 0.25) is 0 Å². The molecule has 0 atom stereocenters. The van der Waals surface area contributed by atoms with Crippen LogP contribution in [0.5, 0.6) is 0 Å². The van der Waals surface area contributed by atoms with E-state index >= 15 is 0 Å². The first-order chi connectivity index (χ1) is 15.7. The summed E-state index contributed by atoms with van der Waals surface area (Å²) >= 11 is 0. The average molecular weight is 433 g/mol. The summed E-state index contributed by atoms with van der Waals surface area (Å²) in [5, 5.41) is 7.99. The van der Waals surface area contributed by atoms with E-state index in [0.29, 0.717) is 5.30 Å². The maximum atomic E-state index is 9.59. The lowest BCUT2D eigenvalue weighted by atomic mass is 9.93. The van der Waals surface area contributed by atoms with Gasteiger partial charge in [-0.25, -0.2) is 0 Å². The van der Waals surface area contributed by atoms with Crippen LogP contribution >= 0.6 is 8.38 Å². The predicted octanol–water partition coefficient (Wildman–Crippen LogP) is 6.98. The van der Waals surface area contributed by atoms with E-state index in [1.54, 1.807) is 12.1 Å². The molecule has 0 fully saturated rings. The maximum absolute atomic E-state index is 9.59. The zero-order chi connectivity index (χ0) is 21.7. The summed E-state index contributed by atoms with van der Waals surface area (Å²) in [5.74, 6) is 0. The molecular weight excluding hydrogens is 413 g/mol. The van der Waals surface area contributed by atoms with E-state index in [0.717, 1.165) is 17.1 Å². The molecule has 0 saturated heterocycles. The summed E-state index contributed by atoms with van der Waals surface area (Å²) in [5.41, 5.74) is 3.10. The molecule has 32 heavy (non-hydrogen) atoms. The van der Waals surface area contributed by atoms with E-state index in [1.807, 2.05) is 30.3 Å². The summed E-state index contributed by atoms with van der Waals surface area (Å²) in [6.07, 6.45) is 0. The molecule has 0 bridgehead atoms. The van der Waals surface area contributed by atoms with Crippen LogP contribution in [0.25, 0.3) is 32.3 Å². The molecule has 0 radical (unpaired) electrons. The van der Waals surface area contributed by atoms with Crippen molar-refractivity contribution in [3.63, 3.8) is 0 Å². The van der Waals surface area contributed by atoms with Crippen molar-refractivity contribution in [1.82, 2.24) is 0 Å². The van der Waals surface area contributed by atoms with E-state index in [9.17, 15) is 9.79 Å². The van der Waals surface area contributed by atoms with Gasteiger partial charge in [0.2, 0.25) is 0 Å². The first-order valence-electron chi connectivity index (χ1n) is 10.5. The van der Waals surface area contributed by atoms with E-state index in [1.165, 1.54) is 32.3 Å². The quantitative estimate of drug-likeness (QED) is 0.233. The Morgan fingerprint density at radius 3 is 1.78 bits per heavy atom. The number of para-hydroxylation sites is 1. The Labute approximate surface area is 187 Å². The van der Waals surface area contributed by atoms with Crippen LogP contribution in [0, 0.1) is 0 Å². The molecule has 0 heterocycles. The lowest BCUT2D eigenvalue weighted by Crippen LogP contribution is -2.11. The zero-order valence-electron chi connectivity index (χ0n) is 17.2. The van der Waals surface area contributed by atoms with E-state index < -0.39 is 8.38 Å². The summed E-state index contributed by atoms with van der Waals surface area (Å²) < 4.78 is 0. The number of nitrogens with zero attached hydrogens (tertiary/aromatic N) is 1. The van der Waals surface area contributed by atoms with Crippen LogP contribution in [0.15, 0.2) is 109 Å². The zero-order valence-corrected chi connectivity index (χ0v) is 18.1. The molecule has 0 spiro atoms. The van der Waals surface area contributed by atoms with Crippen molar-refractivity contribution in [2.24, 2.45) is 0 Å². The second-order valence-electron chi connectivity index (χ2n) is 7.92. The molecule has 0 amide bonds. The molecule has 0 saturated carbocycles. The minimum Gasteiger partial charge on any atom is -0.347 e. The van der Waals surface area contributed by atoms with Crippen molar-refractivity contribution in [2.75, 3.05) is 4.90 Å². The number of hydrogen-bond donors (Lipinski definition) is 2. The monoisotopic (exact) mass is 433 g/mol. The minimum absolute atomic E-state index is 0.534. The van der Waals surface area contributed by atoms with Crippen molar-refractivity contribution in [3.05, 3.63) is 109 Å². The van der Waals surface area contributed by atoms with Gasteiger partial charge < -0.3 is 14.7 Å². The van der Waals surface area contributed by atoms with Crippen molar-refractivity contribution in [2.45, 2.75) is 0 Å². The van der Waals surface area contributed by atoms with Gasteiger partial charge in [-0.1, -0.05) is 66.7 Å². The van der Waals surface area contributed by atoms with Gasteiger partial charge >= 0.3 is 0 Å². The molecular formula is C28H20NO2P. The lowest BCUT2D eigenvalue weighted by molar-refractivity contribution is 0.497. The van der Waals surface area contributed by atoms with Gasteiger partial charge in [0, 0.05) is 22.1 Å². The molecule has 6 aromatic rings. The van der Waals surface area contributed by atoms with Gasteiger partial charge in [-0.15, -0.1) is 0 Å². The van der Waals surface area contributed by atoms with Gasteiger partial charge in [-0.2, -0.15) is 0 Å². The molecule has 0 aliphatic carbocycles. The Morgan fingerprint density at radius 2 is 1.09 bits per heavy atom. The Bertz CT molecular complexity index is 1530. The lowest BCUT2D eigenvalue weighted by Gasteiger charge is -2.28. The van der Waals surface area contributed by atoms with E-state index in [4.69, 9.17) is 0 Å². The fourth-order valence-electron chi connectivity index (χ4n) is 4.65. The third kappa shape index (κ3) is 3.03. The molecule has 2 N–H and O–H groups in total. The predicted molar refractivity (Wildman–Crippen MR) is 136 cm³/mol. The van der Waals surface area contributed by atoms with Crippen LogP contribution < -0.4 is 10.2 Å². The van der Waals surface area contributed by atoms with Crippen LogP contribution in [0.4, 0.5) is 17.1 Å². The first kappa shape index (κ1) is 19.2. The smallest absolute Gasteiger partial charge is 0.199 e. The van der Waals surface area contributed by atoms with Gasteiger partial charge in [-0.3, -0.25) is 0 Å². The number of rotatable bonds is 4. The highest BCUT2D eigenvalue weighted by Crippen LogP contribution is 2.43. The van der Waals surface area contributed by atoms with Gasteiger partial charge in [-0.05, 0) is 69.4 Å². The van der Waals surface area contributed by atoms with Gasteiger partial charge in [0.25, 0.3) is 0 Å². The van der Waals surface area contributed by atoms with Crippen LogP contribution in [-0.4, -0.2) is 9.79 Å². The second-order valence-corrected chi connectivity index (χ2v) is 9.01. The number of anilines is 3. The Hall–Kier alpha value is -3.49. The largest absolute Gasteiger partial charge is 0.347 e. The van der Waals surface area contributed by atoms with Gasteiger partial charge in [0.1, 0.15) is 0 Å². The summed E-state index contributed by atoms with van der Waals surface area (Å²) in [4.78, 5) is 21.4. The molecule has 6 aromatic carbocycles. The highest BCUT2D eigenvalue weighted by molar-refractivity contribution is 7.54. The fourth-order valence-corrected chi connectivity index (χ4v) is 5.07. The van der Waals surface area contributed by atoms with Gasteiger partial charge in [0.05, 0.1) is 5.69 Å². The number of benzene rings is 6. The Balaban J connectivity index is 1.65. The standard InChI is InChI=1S/C28H20NO2P/c30-32(31)24-15-13-23(14-16-24)29(22-7-2-1-3-8-22)26-18-12-21-10-9-19-5-4-6-20-11-17-25(26)28(21)27(19)20/h1-18,30-31H. The molecule has 0 aromatic heterocycles. The summed E-state index contributed by atoms with van der Waals surface area (Å²) in [6.45, 7) is 0. The second kappa shape index (κ2) is 7.58. The Morgan fingerprint density at radius 1 is 0.500 bits per heavy atom. The average Bonchev–Trinajstić information content (AvgIpc) is 2.84. The fraction of sp³-hybridized carbons (Fsp3) is 0. The van der Waals surface area contributed by atoms with Gasteiger partial charge in [0.15, 0.2) is 8.38 Å². The molecule has 3 nitrogen and oxygen atoms in total. The van der Waals surface area contributed by atoms with Crippen molar-refractivity contribution in [3.8, 4) is 0 Å². The molecule has 4 heteroatoms. The number of hydrogen-bond acceptors (Lipinski definition) is 3. The highest BCUT2D eigenvalue weighted by Gasteiger charge is 2.18. The van der Waals surface area contributed by atoms with Crippen molar-refractivity contribution >= 4 is 63.1 Å². The van der Waals surface area contributed by atoms with E-state index in [-0.39, 0.29) is 0 Å². The third-order valence-electron chi connectivity index (χ3n) is 6.10.